The number of methoxy groups -OCH3 is 1. The second-order valence-electron chi connectivity index (χ2n) is 5.21. The van der Waals surface area contributed by atoms with Crippen molar-refractivity contribution in [2.24, 2.45) is 5.92 Å². The van der Waals surface area contributed by atoms with E-state index < -0.39 is 0 Å². The first-order chi connectivity index (χ1) is 9.76. The zero-order valence-corrected chi connectivity index (χ0v) is 12.7. The molecule has 3 nitrogen and oxygen atoms in total. The molecule has 0 saturated heterocycles. The number of benzene rings is 1. The fourth-order valence-corrected chi connectivity index (χ4v) is 2.45. The summed E-state index contributed by atoms with van der Waals surface area (Å²) in [5, 5.41) is 4.46. The second-order valence-corrected chi connectivity index (χ2v) is 5.21. The summed E-state index contributed by atoms with van der Waals surface area (Å²) < 4.78 is 7.30. The van der Waals surface area contributed by atoms with Crippen LogP contribution in [0.4, 0.5) is 0 Å². The van der Waals surface area contributed by atoms with E-state index in [9.17, 15) is 0 Å². The van der Waals surface area contributed by atoms with Crippen LogP contribution in [0.25, 0.3) is 0 Å². The molecule has 108 valence electrons. The van der Waals surface area contributed by atoms with E-state index in [1.165, 1.54) is 24.1 Å². The van der Waals surface area contributed by atoms with Gasteiger partial charge >= 0.3 is 0 Å². The summed E-state index contributed by atoms with van der Waals surface area (Å²) in [6.45, 7) is 5.35. The van der Waals surface area contributed by atoms with Crippen molar-refractivity contribution >= 4 is 0 Å². The Morgan fingerprint density at radius 1 is 1.10 bits per heavy atom. The molecule has 1 aromatic carbocycles. The van der Waals surface area contributed by atoms with Gasteiger partial charge in [-0.3, -0.25) is 4.68 Å². The van der Waals surface area contributed by atoms with Crippen LogP contribution < -0.4 is 4.74 Å². The minimum absolute atomic E-state index is 0.751. The predicted octanol–water partition coefficient (Wildman–Crippen LogP) is 3.92. The van der Waals surface area contributed by atoms with E-state index >= 15 is 0 Å². The molecule has 0 fully saturated rings. The van der Waals surface area contributed by atoms with Gasteiger partial charge in [0.05, 0.1) is 13.7 Å². The van der Waals surface area contributed by atoms with Crippen LogP contribution in [0, 0.1) is 5.92 Å². The maximum absolute atomic E-state index is 5.19. The van der Waals surface area contributed by atoms with E-state index in [1.807, 2.05) is 18.3 Å². The Kier molecular flexibility index (Phi) is 5.22. The third kappa shape index (κ3) is 3.62. The molecule has 0 aliphatic carbocycles. The molecular weight excluding hydrogens is 248 g/mol. The van der Waals surface area contributed by atoms with E-state index in [-0.39, 0.29) is 0 Å². The Morgan fingerprint density at radius 2 is 1.80 bits per heavy atom. The molecule has 0 bridgehead atoms. The highest BCUT2D eigenvalue weighted by Gasteiger charge is 2.09. The molecule has 3 heteroatoms. The molecule has 0 spiro atoms. The second kappa shape index (κ2) is 7.13. The van der Waals surface area contributed by atoms with Crippen molar-refractivity contribution in [1.82, 2.24) is 9.78 Å². The number of ether oxygens (including phenoxy) is 1. The van der Waals surface area contributed by atoms with Crippen LogP contribution in [0.15, 0.2) is 36.5 Å². The molecule has 0 saturated carbocycles. The standard InChI is InChI=1S/C17H24N2O/c1-4-14(5-2)12-16-10-11-18-19(16)13-15-6-8-17(20-3)9-7-15/h6-11,14H,4-5,12-13H2,1-3H3. The lowest BCUT2D eigenvalue weighted by Crippen LogP contribution is -2.10. The topological polar surface area (TPSA) is 27.1 Å². The van der Waals surface area contributed by atoms with Crippen molar-refractivity contribution in [1.29, 1.82) is 0 Å². The molecule has 0 aliphatic rings. The molecular formula is C17H24N2O. The van der Waals surface area contributed by atoms with Gasteiger partial charge in [0, 0.05) is 11.9 Å². The van der Waals surface area contributed by atoms with Gasteiger partial charge in [0.15, 0.2) is 0 Å². The Bertz CT molecular complexity index is 512. The van der Waals surface area contributed by atoms with Gasteiger partial charge in [-0.05, 0) is 36.1 Å². The smallest absolute Gasteiger partial charge is 0.118 e. The monoisotopic (exact) mass is 272 g/mol. The first kappa shape index (κ1) is 14.6. The number of rotatable bonds is 7. The Balaban J connectivity index is 2.07. The van der Waals surface area contributed by atoms with Crippen LogP contribution in [-0.4, -0.2) is 16.9 Å². The fraction of sp³-hybridized carbons (Fsp3) is 0.471. The van der Waals surface area contributed by atoms with E-state index in [4.69, 9.17) is 4.74 Å². The molecule has 1 aromatic heterocycles. The zero-order chi connectivity index (χ0) is 14.4. The van der Waals surface area contributed by atoms with Crippen molar-refractivity contribution in [3.8, 4) is 5.75 Å². The Morgan fingerprint density at radius 3 is 2.40 bits per heavy atom. The normalized spacial score (nSPS) is 11.0. The van der Waals surface area contributed by atoms with Crippen molar-refractivity contribution in [2.75, 3.05) is 7.11 Å². The highest BCUT2D eigenvalue weighted by atomic mass is 16.5. The number of nitrogens with zero attached hydrogens (tertiary/aromatic N) is 2. The van der Waals surface area contributed by atoms with Gasteiger partial charge in [0.2, 0.25) is 0 Å². The molecule has 2 rings (SSSR count). The molecule has 0 radical (unpaired) electrons. The summed E-state index contributed by atoms with van der Waals surface area (Å²) in [5.74, 6) is 1.65. The van der Waals surface area contributed by atoms with Gasteiger partial charge in [-0.2, -0.15) is 5.10 Å². The largest absolute Gasteiger partial charge is 0.497 e. The van der Waals surface area contributed by atoms with Gasteiger partial charge in [-0.15, -0.1) is 0 Å². The average molecular weight is 272 g/mol. The van der Waals surface area contributed by atoms with Crippen LogP contribution in [-0.2, 0) is 13.0 Å². The molecule has 0 atom stereocenters. The van der Waals surface area contributed by atoms with Gasteiger partial charge in [-0.1, -0.05) is 38.8 Å². The van der Waals surface area contributed by atoms with Crippen LogP contribution in [0.2, 0.25) is 0 Å². The highest BCUT2D eigenvalue weighted by molar-refractivity contribution is 5.27. The number of hydrogen-bond acceptors (Lipinski definition) is 2. The van der Waals surface area contributed by atoms with Crippen molar-refractivity contribution in [2.45, 2.75) is 39.7 Å². The Labute approximate surface area is 121 Å². The first-order valence-electron chi connectivity index (χ1n) is 7.40. The third-order valence-electron chi connectivity index (χ3n) is 3.95. The summed E-state index contributed by atoms with van der Waals surface area (Å²) in [6.07, 6.45) is 5.47. The highest BCUT2D eigenvalue weighted by Crippen LogP contribution is 2.17. The van der Waals surface area contributed by atoms with Crippen molar-refractivity contribution in [3.63, 3.8) is 0 Å². The van der Waals surface area contributed by atoms with Gasteiger partial charge in [-0.25, -0.2) is 0 Å². The molecule has 0 amide bonds. The lowest BCUT2D eigenvalue weighted by molar-refractivity contribution is 0.414. The third-order valence-corrected chi connectivity index (χ3v) is 3.95. The SMILES string of the molecule is CCC(CC)Cc1ccnn1Cc1ccc(OC)cc1. The summed E-state index contributed by atoms with van der Waals surface area (Å²) in [7, 11) is 1.69. The van der Waals surface area contributed by atoms with Crippen molar-refractivity contribution < 1.29 is 4.74 Å². The maximum Gasteiger partial charge on any atom is 0.118 e. The van der Waals surface area contributed by atoms with Gasteiger partial charge in [0.25, 0.3) is 0 Å². The fourth-order valence-electron chi connectivity index (χ4n) is 2.45. The van der Waals surface area contributed by atoms with Crippen LogP contribution in [0.1, 0.15) is 37.9 Å². The first-order valence-corrected chi connectivity index (χ1v) is 7.40. The van der Waals surface area contributed by atoms with E-state index in [0.717, 1.165) is 24.6 Å². The summed E-state index contributed by atoms with van der Waals surface area (Å²) in [4.78, 5) is 0. The van der Waals surface area contributed by atoms with Crippen LogP contribution >= 0.6 is 0 Å². The van der Waals surface area contributed by atoms with Gasteiger partial charge in [0.1, 0.15) is 5.75 Å². The zero-order valence-electron chi connectivity index (χ0n) is 12.7. The molecule has 20 heavy (non-hydrogen) atoms. The molecule has 0 aliphatic heterocycles. The number of hydrogen-bond donors (Lipinski definition) is 0. The quantitative estimate of drug-likeness (QED) is 0.764. The summed E-state index contributed by atoms with van der Waals surface area (Å²) >= 11 is 0. The van der Waals surface area contributed by atoms with Crippen LogP contribution in [0.5, 0.6) is 5.75 Å². The van der Waals surface area contributed by atoms with Crippen molar-refractivity contribution in [3.05, 3.63) is 47.8 Å². The lowest BCUT2D eigenvalue weighted by Gasteiger charge is -2.14. The Hall–Kier alpha value is -1.77. The van der Waals surface area contributed by atoms with Crippen LogP contribution in [0.3, 0.4) is 0 Å². The van der Waals surface area contributed by atoms with Gasteiger partial charge < -0.3 is 4.74 Å². The predicted molar refractivity (Wildman–Crippen MR) is 82.1 cm³/mol. The van der Waals surface area contributed by atoms with E-state index in [0.29, 0.717) is 0 Å². The maximum atomic E-state index is 5.19. The summed E-state index contributed by atoms with van der Waals surface area (Å²) in [5.41, 5.74) is 2.58. The van der Waals surface area contributed by atoms with E-state index in [2.05, 4.69) is 41.8 Å². The summed E-state index contributed by atoms with van der Waals surface area (Å²) in [6, 6.07) is 10.3. The van der Waals surface area contributed by atoms with E-state index in [1.54, 1.807) is 7.11 Å². The minimum Gasteiger partial charge on any atom is -0.497 e. The molecule has 0 unspecified atom stereocenters. The molecule has 2 aromatic rings. The average Bonchev–Trinajstić information content (AvgIpc) is 2.92. The molecule has 1 heterocycles. The number of aromatic nitrogens is 2. The lowest BCUT2D eigenvalue weighted by atomic mass is 9.97. The molecule has 0 N–H and O–H groups in total. The minimum atomic E-state index is 0.751.